The van der Waals surface area contributed by atoms with E-state index in [9.17, 15) is 9.59 Å². The second-order valence-corrected chi connectivity index (χ2v) is 9.73. The molecule has 2 heterocycles. The lowest BCUT2D eigenvalue weighted by Crippen LogP contribution is -2.46. The van der Waals surface area contributed by atoms with Gasteiger partial charge in [-0.25, -0.2) is 0 Å². The topological polar surface area (TPSA) is 78.7 Å². The number of hydrogen-bond donors (Lipinski definition) is 2. The van der Waals surface area contributed by atoms with Gasteiger partial charge in [0.1, 0.15) is 5.00 Å². The van der Waals surface area contributed by atoms with Crippen molar-refractivity contribution in [3.63, 3.8) is 0 Å². The molecule has 7 heteroatoms. The number of carbonyl (C=O) groups excluding carboxylic acids is 2. The molecule has 1 aliphatic heterocycles. The molecule has 3 N–H and O–H groups in total. The molecule has 4 rings (SSSR count). The molecule has 2 aromatic rings. The summed E-state index contributed by atoms with van der Waals surface area (Å²) in [7, 11) is 0. The lowest BCUT2D eigenvalue weighted by Gasteiger charge is -2.34. The minimum absolute atomic E-state index is 0.0385. The van der Waals surface area contributed by atoms with Crippen LogP contribution in [-0.2, 0) is 24.2 Å². The lowest BCUT2D eigenvalue weighted by atomic mass is 9.95. The maximum Gasteiger partial charge on any atom is 0.251 e. The van der Waals surface area contributed by atoms with E-state index >= 15 is 0 Å². The average Bonchev–Trinajstić information content (AvgIpc) is 3.13. The Morgan fingerprint density at radius 1 is 1.06 bits per heavy atom. The summed E-state index contributed by atoms with van der Waals surface area (Å²) < 4.78 is 0. The second-order valence-electron chi connectivity index (χ2n) is 8.62. The number of nitrogens with one attached hydrogen (secondary N) is 1. The predicted molar refractivity (Wildman–Crippen MR) is 126 cm³/mol. The fraction of sp³-hybridized carbons (Fsp3) is 0.500. The van der Waals surface area contributed by atoms with Crippen molar-refractivity contribution >= 4 is 28.2 Å². The summed E-state index contributed by atoms with van der Waals surface area (Å²) in [5, 5.41) is 3.62. The Balaban J connectivity index is 1.25. The van der Waals surface area contributed by atoms with Gasteiger partial charge >= 0.3 is 0 Å². The number of benzene rings is 1. The molecule has 6 nitrogen and oxygen atoms in total. The monoisotopic (exact) mass is 440 g/mol. The van der Waals surface area contributed by atoms with Crippen LogP contribution in [0.3, 0.4) is 0 Å². The van der Waals surface area contributed by atoms with Gasteiger partial charge in [0.2, 0.25) is 5.91 Å². The van der Waals surface area contributed by atoms with Crippen molar-refractivity contribution in [2.45, 2.75) is 45.6 Å². The van der Waals surface area contributed by atoms with E-state index in [-0.39, 0.29) is 5.91 Å². The second kappa shape index (κ2) is 9.94. The summed E-state index contributed by atoms with van der Waals surface area (Å²) >= 11 is 1.53. The van der Waals surface area contributed by atoms with E-state index in [1.165, 1.54) is 27.3 Å². The van der Waals surface area contributed by atoms with Crippen molar-refractivity contribution in [1.82, 2.24) is 9.80 Å². The molecule has 1 fully saturated rings. The molecule has 0 unspecified atom stereocenters. The minimum Gasteiger partial charge on any atom is -0.365 e. The molecule has 0 atom stereocenters. The fourth-order valence-corrected chi connectivity index (χ4v) is 5.87. The standard InChI is InChI=1S/C24H32N4O2S/c1-17-6-2-3-7-18(17)16-28-14-12-27(13-15-28)11-10-21(29)26-24-22(23(25)30)19-8-4-5-9-20(19)31-24/h2-3,6-7H,4-5,8-16H2,1H3,(H2,25,30)(H,26,29). The van der Waals surface area contributed by atoms with Crippen LogP contribution in [0.15, 0.2) is 24.3 Å². The Morgan fingerprint density at radius 2 is 1.77 bits per heavy atom. The maximum atomic E-state index is 12.6. The number of aryl methyl sites for hydroxylation is 2. The van der Waals surface area contributed by atoms with Crippen molar-refractivity contribution < 1.29 is 9.59 Å². The van der Waals surface area contributed by atoms with E-state index in [0.717, 1.165) is 70.5 Å². The number of anilines is 1. The zero-order valence-electron chi connectivity index (χ0n) is 18.3. The summed E-state index contributed by atoms with van der Waals surface area (Å²) in [5.41, 5.74) is 9.96. The Kier molecular flexibility index (Phi) is 7.05. The number of thiophene rings is 1. The molecule has 166 valence electrons. The summed E-state index contributed by atoms with van der Waals surface area (Å²) in [6, 6.07) is 8.55. The maximum absolute atomic E-state index is 12.6. The van der Waals surface area contributed by atoms with Crippen molar-refractivity contribution in [3.8, 4) is 0 Å². The van der Waals surface area contributed by atoms with Crippen LogP contribution in [0.5, 0.6) is 0 Å². The highest BCUT2D eigenvalue weighted by Gasteiger charge is 2.25. The van der Waals surface area contributed by atoms with Crippen LogP contribution < -0.4 is 11.1 Å². The minimum atomic E-state index is -0.431. The summed E-state index contributed by atoms with van der Waals surface area (Å²) in [6.07, 6.45) is 4.50. The smallest absolute Gasteiger partial charge is 0.251 e. The van der Waals surface area contributed by atoms with Crippen LogP contribution in [0.2, 0.25) is 0 Å². The first-order valence-electron chi connectivity index (χ1n) is 11.2. The normalized spacial score (nSPS) is 17.3. The molecule has 1 aliphatic carbocycles. The van der Waals surface area contributed by atoms with E-state index in [2.05, 4.69) is 46.3 Å². The van der Waals surface area contributed by atoms with Crippen LogP contribution in [0.4, 0.5) is 5.00 Å². The van der Waals surface area contributed by atoms with E-state index in [1.807, 2.05) is 0 Å². The molecule has 31 heavy (non-hydrogen) atoms. The molecule has 0 saturated carbocycles. The number of rotatable bonds is 7. The number of hydrogen-bond acceptors (Lipinski definition) is 5. The first kappa shape index (κ1) is 22.0. The van der Waals surface area contributed by atoms with Gasteiger partial charge in [0.15, 0.2) is 0 Å². The number of primary amides is 1. The van der Waals surface area contributed by atoms with Gasteiger partial charge in [-0.3, -0.25) is 14.5 Å². The molecule has 2 amide bonds. The SMILES string of the molecule is Cc1ccccc1CN1CCN(CCC(=O)Nc2sc3c(c2C(N)=O)CCCC3)CC1. The van der Waals surface area contributed by atoms with E-state index in [4.69, 9.17) is 5.73 Å². The van der Waals surface area contributed by atoms with Crippen LogP contribution in [0, 0.1) is 6.92 Å². The summed E-state index contributed by atoms with van der Waals surface area (Å²) in [5.74, 6) is -0.470. The Bertz CT molecular complexity index is 947. The highest BCUT2D eigenvalue weighted by molar-refractivity contribution is 7.17. The van der Waals surface area contributed by atoms with Gasteiger partial charge in [0, 0.05) is 50.6 Å². The van der Waals surface area contributed by atoms with Gasteiger partial charge in [-0.2, -0.15) is 0 Å². The highest BCUT2D eigenvalue weighted by atomic mass is 32.1. The zero-order chi connectivity index (χ0) is 21.8. The molecule has 1 aromatic carbocycles. The number of fused-ring (bicyclic) bond motifs is 1. The largest absolute Gasteiger partial charge is 0.365 e. The first-order chi connectivity index (χ1) is 15.0. The quantitative estimate of drug-likeness (QED) is 0.693. The zero-order valence-corrected chi connectivity index (χ0v) is 19.1. The molecular weight excluding hydrogens is 408 g/mol. The van der Waals surface area contributed by atoms with Crippen molar-refractivity contribution in [2.24, 2.45) is 5.73 Å². The molecule has 0 bridgehead atoms. The van der Waals surface area contributed by atoms with E-state index in [0.29, 0.717) is 17.0 Å². The van der Waals surface area contributed by atoms with Crippen LogP contribution in [0.25, 0.3) is 0 Å². The number of amides is 2. The van der Waals surface area contributed by atoms with Gasteiger partial charge in [-0.1, -0.05) is 24.3 Å². The fourth-order valence-electron chi connectivity index (χ4n) is 4.56. The van der Waals surface area contributed by atoms with Gasteiger partial charge in [-0.05, 0) is 49.3 Å². The number of nitrogens with zero attached hydrogens (tertiary/aromatic N) is 2. The third-order valence-electron chi connectivity index (χ3n) is 6.45. The number of carbonyl (C=O) groups is 2. The molecule has 1 saturated heterocycles. The van der Waals surface area contributed by atoms with Crippen molar-refractivity contribution in [3.05, 3.63) is 51.4 Å². The van der Waals surface area contributed by atoms with Gasteiger partial charge in [0.05, 0.1) is 5.56 Å². The Labute approximate surface area is 188 Å². The van der Waals surface area contributed by atoms with Crippen molar-refractivity contribution in [1.29, 1.82) is 0 Å². The average molecular weight is 441 g/mol. The van der Waals surface area contributed by atoms with Gasteiger partial charge < -0.3 is 16.0 Å². The predicted octanol–water partition coefficient (Wildman–Crippen LogP) is 3.18. The first-order valence-corrected chi connectivity index (χ1v) is 12.1. The van der Waals surface area contributed by atoms with Crippen LogP contribution >= 0.6 is 11.3 Å². The van der Waals surface area contributed by atoms with Gasteiger partial charge in [-0.15, -0.1) is 11.3 Å². The lowest BCUT2D eigenvalue weighted by molar-refractivity contribution is -0.116. The van der Waals surface area contributed by atoms with Crippen LogP contribution in [-0.4, -0.2) is 54.3 Å². The molecule has 0 radical (unpaired) electrons. The third kappa shape index (κ3) is 5.34. The van der Waals surface area contributed by atoms with Gasteiger partial charge in [0.25, 0.3) is 5.91 Å². The third-order valence-corrected chi connectivity index (χ3v) is 7.65. The summed E-state index contributed by atoms with van der Waals surface area (Å²) in [6.45, 7) is 7.86. The highest BCUT2D eigenvalue weighted by Crippen LogP contribution is 2.37. The molecule has 2 aliphatic rings. The number of nitrogens with two attached hydrogens (primary N) is 1. The molecule has 1 aromatic heterocycles. The number of piperazine rings is 1. The van der Waals surface area contributed by atoms with Crippen LogP contribution in [0.1, 0.15) is 51.2 Å². The molecular formula is C24H32N4O2S. The Morgan fingerprint density at radius 3 is 2.52 bits per heavy atom. The van der Waals surface area contributed by atoms with Crippen molar-refractivity contribution in [2.75, 3.05) is 38.0 Å². The Hall–Kier alpha value is -2.22. The summed E-state index contributed by atoms with van der Waals surface area (Å²) in [4.78, 5) is 30.6. The van der Waals surface area contributed by atoms with E-state index in [1.54, 1.807) is 0 Å². The molecule has 0 spiro atoms. The van der Waals surface area contributed by atoms with E-state index < -0.39 is 5.91 Å².